The molecule has 1 fully saturated rings. The molecule has 1 amide bonds. The van der Waals surface area contributed by atoms with Gasteiger partial charge in [0.2, 0.25) is 0 Å². The molecule has 7 nitrogen and oxygen atoms in total. The van der Waals surface area contributed by atoms with E-state index < -0.39 is 0 Å². The molecule has 0 bridgehead atoms. The Balaban J connectivity index is 1.70. The van der Waals surface area contributed by atoms with Crippen LogP contribution in [0.25, 0.3) is 0 Å². The third-order valence-electron chi connectivity index (χ3n) is 4.40. The van der Waals surface area contributed by atoms with Crippen molar-refractivity contribution in [2.45, 2.75) is 39.7 Å². The van der Waals surface area contributed by atoms with Crippen molar-refractivity contribution >= 4 is 12.1 Å². The molecule has 0 aliphatic carbocycles. The van der Waals surface area contributed by atoms with Gasteiger partial charge in [0.25, 0.3) is 0 Å². The third-order valence-corrected chi connectivity index (χ3v) is 4.40. The number of rotatable bonds is 6. The van der Waals surface area contributed by atoms with Crippen molar-refractivity contribution in [2.75, 3.05) is 32.8 Å². The lowest BCUT2D eigenvalue weighted by atomic mass is 10.1. The summed E-state index contributed by atoms with van der Waals surface area (Å²) >= 11 is 0. The molecule has 0 unspecified atom stereocenters. The number of nitrogens with two attached hydrogens (primary N) is 1. The zero-order valence-electron chi connectivity index (χ0n) is 16.0. The lowest BCUT2D eigenvalue weighted by Gasteiger charge is -2.31. The first-order valence-corrected chi connectivity index (χ1v) is 9.18. The first-order valence-electron chi connectivity index (χ1n) is 9.18. The smallest absolute Gasteiger partial charge is 0.409 e. The normalized spacial score (nSPS) is 15.7. The molecule has 0 radical (unpaired) electrons. The number of amides is 1. The SMILES string of the molecule is CCOC(=O)N1CCC(NC(N)=NCCOc2c(C)cccc2C)CC1. The molecule has 2 rings (SSSR count). The highest BCUT2D eigenvalue weighted by atomic mass is 16.6. The summed E-state index contributed by atoms with van der Waals surface area (Å²) < 4.78 is 10.8. The Morgan fingerprint density at radius 2 is 1.96 bits per heavy atom. The zero-order chi connectivity index (χ0) is 18.9. The Hall–Kier alpha value is -2.44. The van der Waals surface area contributed by atoms with E-state index in [1.54, 1.807) is 4.90 Å². The summed E-state index contributed by atoms with van der Waals surface area (Å²) in [4.78, 5) is 17.7. The van der Waals surface area contributed by atoms with Crippen molar-refractivity contribution in [1.82, 2.24) is 10.2 Å². The lowest BCUT2D eigenvalue weighted by molar-refractivity contribution is 0.0963. The molecular weight excluding hydrogens is 332 g/mol. The van der Waals surface area contributed by atoms with Crippen LogP contribution in [-0.2, 0) is 4.74 Å². The number of carbonyl (C=O) groups is 1. The van der Waals surface area contributed by atoms with E-state index in [-0.39, 0.29) is 12.1 Å². The van der Waals surface area contributed by atoms with Crippen molar-refractivity contribution in [3.63, 3.8) is 0 Å². The van der Waals surface area contributed by atoms with Gasteiger partial charge in [0.05, 0.1) is 13.2 Å². The number of nitrogens with one attached hydrogen (secondary N) is 1. The minimum absolute atomic E-state index is 0.226. The first-order chi connectivity index (χ1) is 12.5. The second kappa shape index (κ2) is 9.89. The minimum atomic E-state index is -0.240. The first kappa shape index (κ1) is 19.9. The van der Waals surface area contributed by atoms with E-state index in [2.05, 4.69) is 10.3 Å². The number of nitrogens with zero attached hydrogens (tertiary/aromatic N) is 2. The Labute approximate surface area is 155 Å². The third kappa shape index (κ3) is 5.82. The van der Waals surface area contributed by atoms with Gasteiger partial charge in [-0.2, -0.15) is 0 Å². The number of carbonyl (C=O) groups excluding carboxylic acids is 1. The van der Waals surface area contributed by atoms with Crippen LogP contribution in [-0.4, -0.2) is 55.8 Å². The fourth-order valence-electron chi connectivity index (χ4n) is 3.02. The van der Waals surface area contributed by atoms with Crippen molar-refractivity contribution in [1.29, 1.82) is 0 Å². The quantitative estimate of drug-likeness (QED) is 0.460. The van der Waals surface area contributed by atoms with Gasteiger partial charge >= 0.3 is 6.09 Å². The summed E-state index contributed by atoms with van der Waals surface area (Å²) in [5.74, 6) is 1.34. The molecule has 0 aromatic heterocycles. The summed E-state index contributed by atoms with van der Waals surface area (Å²) in [6.07, 6.45) is 1.42. The van der Waals surface area contributed by atoms with E-state index in [1.165, 1.54) is 0 Å². The highest BCUT2D eigenvalue weighted by Gasteiger charge is 2.23. The number of piperidine rings is 1. The van der Waals surface area contributed by atoms with Gasteiger partial charge in [-0.05, 0) is 44.7 Å². The molecular formula is C19H30N4O3. The predicted octanol–water partition coefficient (Wildman–Crippen LogP) is 2.21. The predicted molar refractivity (Wildman–Crippen MR) is 103 cm³/mol. The molecule has 26 heavy (non-hydrogen) atoms. The molecule has 1 aromatic carbocycles. The van der Waals surface area contributed by atoms with Crippen molar-refractivity contribution in [2.24, 2.45) is 10.7 Å². The highest BCUT2D eigenvalue weighted by Crippen LogP contribution is 2.22. The van der Waals surface area contributed by atoms with Gasteiger partial charge in [0.15, 0.2) is 5.96 Å². The van der Waals surface area contributed by atoms with E-state index >= 15 is 0 Å². The van der Waals surface area contributed by atoms with Crippen LogP contribution in [0.2, 0.25) is 0 Å². The summed E-state index contributed by atoms with van der Waals surface area (Å²) in [7, 11) is 0. The number of guanidine groups is 1. The Bertz CT molecular complexity index is 605. The number of aryl methyl sites for hydroxylation is 2. The maximum absolute atomic E-state index is 11.7. The second-order valence-corrected chi connectivity index (χ2v) is 6.44. The van der Waals surface area contributed by atoms with E-state index in [0.29, 0.717) is 38.8 Å². The number of para-hydroxylation sites is 1. The van der Waals surface area contributed by atoms with Crippen molar-refractivity contribution in [3.05, 3.63) is 29.3 Å². The van der Waals surface area contributed by atoms with Gasteiger partial charge < -0.3 is 25.4 Å². The van der Waals surface area contributed by atoms with E-state index in [0.717, 1.165) is 29.7 Å². The second-order valence-electron chi connectivity index (χ2n) is 6.44. The number of hydrogen-bond acceptors (Lipinski definition) is 4. The lowest BCUT2D eigenvalue weighted by Crippen LogP contribution is -2.48. The van der Waals surface area contributed by atoms with Gasteiger partial charge in [-0.15, -0.1) is 0 Å². The van der Waals surface area contributed by atoms with Crippen molar-refractivity contribution in [3.8, 4) is 5.75 Å². The van der Waals surface area contributed by atoms with Gasteiger partial charge in [0.1, 0.15) is 12.4 Å². The van der Waals surface area contributed by atoms with E-state index in [9.17, 15) is 4.79 Å². The minimum Gasteiger partial charge on any atom is -0.491 e. The summed E-state index contributed by atoms with van der Waals surface area (Å²) in [5, 5.41) is 3.23. The van der Waals surface area contributed by atoms with Crippen LogP contribution in [0, 0.1) is 13.8 Å². The van der Waals surface area contributed by atoms with Crippen LogP contribution >= 0.6 is 0 Å². The number of ether oxygens (including phenoxy) is 2. The van der Waals surface area contributed by atoms with Gasteiger partial charge in [-0.1, -0.05) is 18.2 Å². The van der Waals surface area contributed by atoms with Crippen LogP contribution in [0.4, 0.5) is 4.79 Å². The zero-order valence-corrected chi connectivity index (χ0v) is 16.0. The number of likely N-dealkylation sites (tertiary alicyclic amines) is 1. The topological polar surface area (TPSA) is 89.2 Å². The van der Waals surface area contributed by atoms with E-state index in [4.69, 9.17) is 15.2 Å². The monoisotopic (exact) mass is 362 g/mol. The maximum Gasteiger partial charge on any atom is 0.409 e. The molecule has 1 aliphatic rings. The molecule has 1 aromatic rings. The largest absolute Gasteiger partial charge is 0.491 e. The van der Waals surface area contributed by atoms with Crippen molar-refractivity contribution < 1.29 is 14.3 Å². The fraction of sp³-hybridized carbons (Fsp3) is 0.579. The molecule has 144 valence electrons. The van der Waals surface area contributed by atoms with Gasteiger partial charge in [-0.25, -0.2) is 9.79 Å². The molecule has 1 heterocycles. The van der Waals surface area contributed by atoms with Crippen LogP contribution in [0.3, 0.4) is 0 Å². The van der Waals surface area contributed by atoms with Crippen LogP contribution in [0.5, 0.6) is 5.75 Å². The molecule has 1 saturated heterocycles. The average molecular weight is 362 g/mol. The van der Waals surface area contributed by atoms with E-state index in [1.807, 2.05) is 39.0 Å². The Morgan fingerprint density at radius 3 is 2.58 bits per heavy atom. The molecule has 7 heteroatoms. The Kier molecular flexibility index (Phi) is 7.56. The molecule has 3 N–H and O–H groups in total. The fourth-order valence-corrected chi connectivity index (χ4v) is 3.02. The maximum atomic E-state index is 11.7. The average Bonchev–Trinajstić information content (AvgIpc) is 2.61. The number of aliphatic imine (C=N–C) groups is 1. The molecule has 0 saturated carbocycles. The summed E-state index contributed by atoms with van der Waals surface area (Å²) in [6.45, 7) is 8.59. The van der Waals surface area contributed by atoms with Gasteiger partial charge in [0, 0.05) is 19.1 Å². The molecule has 1 aliphatic heterocycles. The van der Waals surface area contributed by atoms with Crippen LogP contribution in [0.15, 0.2) is 23.2 Å². The van der Waals surface area contributed by atoms with Gasteiger partial charge in [-0.3, -0.25) is 0 Å². The Morgan fingerprint density at radius 1 is 1.31 bits per heavy atom. The summed E-state index contributed by atoms with van der Waals surface area (Å²) in [6, 6.07) is 6.31. The highest BCUT2D eigenvalue weighted by molar-refractivity contribution is 5.78. The summed E-state index contributed by atoms with van der Waals surface area (Å²) in [5.41, 5.74) is 8.20. The standard InChI is InChI=1S/C19H30N4O3/c1-4-25-19(24)23-11-8-16(9-12-23)22-18(20)21-10-13-26-17-14(2)6-5-7-15(17)3/h5-7,16H,4,8-13H2,1-3H3,(H3,20,21,22). The molecule has 0 spiro atoms. The van der Waals surface area contributed by atoms with Crippen LogP contribution in [0.1, 0.15) is 30.9 Å². The van der Waals surface area contributed by atoms with Crippen LogP contribution < -0.4 is 15.8 Å². The number of benzene rings is 1. The number of hydrogen-bond donors (Lipinski definition) is 2. The molecule has 0 atom stereocenters.